The average molecular weight is 420 g/mol. The molecule has 0 radical (unpaired) electrons. The van der Waals surface area contributed by atoms with Gasteiger partial charge in [-0.3, -0.25) is 4.79 Å². The van der Waals surface area contributed by atoms with Gasteiger partial charge >= 0.3 is 5.97 Å². The Kier molecular flexibility index (Phi) is 5.25. The van der Waals surface area contributed by atoms with Gasteiger partial charge in [0, 0.05) is 6.07 Å². The molecule has 2 aromatic heterocycles. The Bertz CT molecular complexity index is 1340. The molecule has 0 amide bonds. The van der Waals surface area contributed by atoms with Gasteiger partial charge in [-0.15, -0.1) is 0 Å². The van der Waals surface area contributed by atoms with Crippen LogP contribution >= 0.6 is 0 Å². The van der Waals surface area contributed by atoms with Crippen LogP contribution in [0, 0.1) is 20.8 Å². The van der Waals surface area contributed by atoms with Crippen LogP contribution in [0.5, 0.6) is 17.2 Å². The van der Waals surface area contributed by atoms with Crippen LogP contribution in [-0.2, 0) is 6.61 Å². The molecule has 7 heteroatoms. The second kappa shape index (κ2) is 8.02. The average Bonchev–Trinajstić information content (AvgIpc) is 3.23. The molecule has 0 fully saturated rings. The Balaban J connectivity index is 1.57. The van der Waals surface area contributed by atoms with Gasteiger partial charge in [0.25, 0.3) is 0 Å². The van der Waals surface area contributed by atoms with Crippen molar-refractivity contribution in [1.29, 1.82) is 0 Å². The lowest BCUT2D eigenvalue weighted by molar-refractivity contribution is 0.0658. The van der Waals surface area contributed by atoms with Crippen molar-refractivity contribution >= 4 is 16.9 Å². The molecule has 2 heterocycles. The zero-order valence-electron chi connectivity index (χ0n) is 17.2. The largest absolute Gasteiger partial charge is 0.486 e. The summed E-state index contributed by atoms with van der Waals surface area (Å²) in [7, 11) is 0. The predicted molar refractivity (Wildman–Crippen MR) is 113 cm³/mol. The summed E-state index contributed by atoms with van der Waals surface area (Å²) in [5, 5.41) is 9.26. The molecule has 0 saturated carbocycles. The standard InChI is InChI=1S/C24H20O7/c1-13-4-5-14(2)23(15(13)3)31-21-12-29-20-10-16(6-8-18(20)22(21)25)28-11-17-7-9-19(30-17)24(26)27/h4-10,12H,11H2,1-3H3,(H,26,27). The lowest BCUT2D eigenvalue weighted by Gasteiger charge is -2.13. The molecule has 0 atom stereocenters. The number of carbonyl (C=O) groups is 1. The molecule has 0 aliphatic heterocycles. The van der Waals surface area contributed by atoms with E-state index in [1.165, 1.54) is 18.4 Å². The van der Waals surface area contributed by atoms with E-state index in [-0.39, 0.29) is 23.5 Å². The van der Waals surface area contributed by atoms with Crippen molar-refractivity contribution in [2.24, 2.45) is 0 Å². The third-order valence-electron chi connectivity index (χ3n) is 5.05. The number of ether oxygens (including phenoxy) is 2. The van der Waals surface area contributed by atoms with Crippen molar-refractivity contribution in [1.82, 2.24) is 0 Å². The van der Waals surface area contributed by atoms with Crippen LogP contribution in [0.3, 0.4) is 0 Å². The fourth-order valence-corrected chi connectivity index (χ4v) is 3.17. The Morgan fingerprint density at radius 1 is 1.03 bits per heavy atom. The van der Waals surface area contributed by atoms with Crippen molar-refractivity contribution in [3.63, 3.8) is 0 Å². The lowest BCUT2D eigenvalue weighted by atomic mass is 10.1. The highest BCUT2D eigenvalue weighted by molar-refractivity contribution is 5.84. The molecule has 0 aliphatic carbocycles. The highest BCUT2D eigenvalue weighted by atomic mass is 16.5. The van der Waals surface area contributed by atoms with E-state index >= 15 is 0 Å². The zero-order chi connectivity index (χ0) is 22.1. The van der Waals surface area contributed by atoms with Crippen molar-refractivity contribution in [3.05, 3.63) is 87.2 Å². The molecule has 31 heavy (non-hydrogen) atoms. The number of hydrogen-bond donors (Lipinski definition) is 1. The summed E-state index contributed by atoms with van der Waals surface area (Å²) in [6, 6.07) is 11.7. The maximum absolute atomic E-state index is 12.9. The number of aromatic carboxylic acids is 1. The maximum Gasteiger partial charge on any atom is 0.371 e. The first-order chi connectivity index (χ1) is 14.8. The van der Waals surface area contributed by atoms with E-state index in [2.05, 4.69) is 0 Å². The number of furan rings is 1. The summed E-state index contributed by atoms with van der Waals surface area (Å²) in [4.78, 5) is 23.8. The van der Waals surface area contributed by atoms with Crippen molar-refractivity contribution in [2.75, 3.05) is 0 Å². The molecule has 1 N–H and O–H groups in total. The zero-order valence-corrected chi connectivity index (χ0v) is 17.2. The number of rotatable bonds is 6. The summed E-state index contributed by atoms with van der Waals surface area (Å²) in [6.07, 6.45) is 1.29. The molecule has 0 saturated heterocycles. The highest BCUT2D eigenvalue weighted by Crippen LogP contribution is 2.30. The van der Waals surface area contributed by atoms with Gasteiger partial charge < -0.3 is 23.4 Å². The number of aryl methyl sites for hydroxylation is 2. The minimum absolute atomic E-state index is 0.0378. The number of fused-ring (bicyclic) bond motifs is 1. The molecule has 4 aromatic rings. The van der Waals surface area contributed by atoms with Crippen LogP contribution in [0.15, 0.2) is 62.4 Å². The van der Waals surface area contributed by atoms with Crippen LogP contribution in [0.2, 0.25) is 0 Å². The van der Waals surface area contributed by atoms with Gasteiger partial charge in [0.15, 0.2) is 0 Å². The number of hydrogen-bond acceptors (Lipinski definition) is 6. The Hall–Kier alpha value is -4.00. The van der Waals surface area contributed by atoms with Crippen molar-refractivity contribution < 1.29 is 28.2 Å². The molecule has 0 bridgehead atoms. The lowest BCUT2D eigenvalue weighted by Crippen LogP contribution is -2.06. The first-order valence-corrected chi connectivity index (χ1v) is 9.58. The molecule has 7 nitrogen and oxygen atoms in total. The van der Waals surface area contributed by atoms with Gasteiger partial charge in [-0.05, 0) is 61.7 Å². The van der Waals surface area contributed by atoms with Crippen LogP contribution in [-0.4, -0.2) is 11.1 Å². The summed E-state index contributed by atoms with van der Waals surface area (Å²) in [5.41, 5.74) is 3.02. The fraction of sp³-hybridized carbons (Fsp3) is 0.167. The van der Waals surface area contributed by atoms with Gasteiger partial charge in [-0.2, -0.15) is 0 Å². The van der Waals surface area contributed by atoms with E-state index in [1.54, 1.807) is 18.2 Å². The van der Waals surface area contributed by atoms with Crippen LogP contribution < -0.4 is 14.9 Å². The summed E-state index contributed by atoms with van der Waals surface area (Å²) >= 11 is 0. The Morgan fingerprint density at radius 3 is 2.55 bits per heavy atom. The van der Waals surface area contributed by atoms with E-state index in [0.717, 1.165) is 16.7 Å². The van der Waals surface area contributed by atoms with Crippen LogP contribution in [0.4, 0.5) is 0 Å². The highest BCUT2D eigenvalue weighted by Gasteiger charge is 2.14. The van der Waals surface area contributed by atoms with Crippen molar-refractivity contribution in [2.45, 2.75) is 27.4 Å². The molecule has 0 aliphatic rings. The molecular formula is C24H20O7. The van der Waals surface area contributed by atoms with E-state index in [1.807, 2.05) is 32.9 Å². The third-order valence-corrected chi connectivity index (χ3v) is 5.05. The second-order valence-electron chi connectivity index (χ2n) is 7.20. The molecule has 158 valence electrons. The Labute approximate surface area is 177 Å². The summed E-state index contributed by atoms with van der Waals surface area (Å²) in [5.74, 6) is 0.262. The van der Waals surface area contributed by atoms with E-state index < -0.39 is 5.97 Å². The summed E-state index contributed by atoms with van der Waals surface area (Å²) in [6.45, 7) is 5.89. The second-order valence-corrected chi connectivity index (χ2v) is 7.20. The molecule has 4 rings (SSSR count). The normalized spacial score (nSPS) is 10.9. The van der Waals surface area contributed by atoms with E-state index in [9.17, 15) is 9.59 Å². The number of benzene rings is 2. The van der Waals surface area contributed by atoms with Gasteiger partial charge in [0.2, 0.25) is 16.9 Å². The van der Waals surface area contributed by atoms with Crippen LogP contribution in [0.1, 0.15) is 33.0 Å². The molecular weight excluding hydrogens is 400 g/mol. The minimum Gasteiger partial charge on any atom is -0.486 e. The van der Waals surface area contributed by atoms with Gasteiger partial charge in [-0.25, -0.2) is 4.79 Å². The number of carboxylic acids is 1. The molecule has 0 spiro atoms. The van der Waals surface area contributed by atoms with Crippen molar-refractivity contribution in [3.8, 4) is 17.2 Å². The third kappa shape index (κ3) is 4.02. The van der Waals surface area contributed by atoms with Gasteiger partial charge in [-0.1, -0.05) is 12.1 Å². The monoisotopic (exact) mass is 420 g/mol. The quantitative estimate of drug-likeness (QED) is 0.447. The SMILES string of the molecule is Cc1ccc(C)c(Oc2coc3cc(OCc4ccc(C(=O)O)o4)ccc3c2=O)c1C. The fourth-order valence-electron chi connectivity index (χ4n) is 3.17. The smallest absolute Gasteiger partial charge is 0.371 e. The Morgan fingerprint density at radius 2 is 1.81 bits per heavy atom. The van der Waals surface area contributed by atoms with Crippen LogP contribution in [0.25, 0.3) is 11.0 Å². The summed E-state index contributed by atoms with van der Waals surface area (Å²) < 4.78 is 22.3. The topological polar surface area (TPSA) is 99.1 Å². The maximum atomic E-state index is 12.9. The number of carboxylic acid groups (broad SMARTS) is 1. The molecule has 2 aromatic carbocycles. The predicted octanol–water partition coefficient (Wildman–Crippen LogP) is 5.38. The van der Waals surface area contributed by atoms with E-state index in [0.29, 0.717) is 28.2 Å². The molecule has 0 unspecified atom stereocenters. The van der Waals surface area contributed by atoms with Gasteiger partial charge in [0.1, 0.15) is 35.7 Å². The minimum atomic E-state index is -1.15. The first-order valence-electron chi connectivity index (χ1n) is 9.58. The van der Waals surface area contributed by atoms with E-state index in [4.69, 9.17) is 23.4 Å². The first kappa shape index (κ1) is 20.3. The van der Waals surface area contributed by atoms with Gasteiger partial charge in [0.05, 0.1) is 5.39 Å².